The Morgan fingerprint density at radius 2 is 1.59 bits per heavy atom. The lowest BCUT2D eigenvalue weighted by atomic mass is 9.92. The van der Waals surface area contributed by atoms with Crippen LogP contribution in [0.1, 0.15) is 41.1 Å². The molecule has 1 N–H and O–H groups in total. The maximum absolute atomic E-state index is 13.3. The van der Waals surface area contributed by atoms with Crippen molar-refractivity contribution in [1.29, 1.82) is 0 Å². The van der Waals surface area contributed by atoms with Crippen LogP contribution in [0.25, 0.3) is 0 Å². The lowest BCUT2D eigenvalue weighted by Crippen LogP contribution is -2.44. The fraction of sp³-hybridized carbons (Fsp3) is 0.296. The molecule has 1 unspecified atom stereocenters. The van der Waals surface area contributed by atoms with Crippen molar-refractivity contribution in [2.75, 3.05) is 13.1 Å². The van der Waals surface area contributed by atoms with E-state index < -0.39 is 10.0 Å². The Morgan fingerprint density at radius 3 is 2.24 bits per heavy atom. The van der Waals surface area contributed by atoms with E-state index in [0.717, 1.165) is 16.7 Å². The van der Waals surface area contributed by atoms with E-state index in [2.05, 4.69) is 5.32 Å². The molecule has 1 saturated heterocycles. The third kappa shape index (κ3) is 5.87. The monoisotopic (exact) mass is 496 g/mol. The summed E-state index contributed by atoms with van der Waals surface area (Å²) in [6, 6.07) is 24.6. The topological polar surface area (TPSA) is 66.5 Å². The van der Waals surface area contributed by atoms with Crippen LogP contribution in [-0.4, -0.2) is 31.7 Å². The lowest BCUT2D eigenvalue weighted by Gasteiger charge is -2.32. The van der Waals surface area contributed by atoms with Gasteiger partial charge in [0.25, 0.3) is 0 Å². The summed E-state index contributed by atoms with van der Waals surface area (Å²) in [5.41, 5.74) is 3.89. The highest BCUT2D eigenvalue weighted by Crippen LogP contribution is 2.27. The molecule has 178 valence electrons. The van der Waals surface area contributed by atoms with Gasteiger partial charge in [0.05, 0.1) is 11.8 Å². The minimum Gasteiger partial charge on any atom is -0.345 e. The largest absolute Gasteiger partial charge is 0.345 e. The Bertz CT molecular complexity index is 1220. The highest BCUT2D eigenvalue weighted by atomic mass is 35.5. The summed E-state index contributed by atoms with van der Waals surface area (Å²) in [5.74, 6) is -0.325. The zero-order chi connectivity index (χ0) is 24.1. The first kappa shape index (κ1) is 24.5. The molecular weight excluding hydrogens is 468 g/mol. The molecule has 5 nitrogen and oxygen atoms in total. The van der Waals surface area contributed by atoms with Gasteiger partial charge < -0.3 is 5.32 Å². The average Bonchev–Trinajstić information content (AvgIpc) is 2.85. The van der Waals surface area contributed by atoms with Gasteiger partial charge in [0.15, 0.2) is 0 Å². The van der Waals surface area contributed by atoms with Crippen molar-refractivity contribution in [3.63, 3.8) is 0 Å². The van der Waals surface area contributed by atoms with Crippen molar-refractivity contribution in [1.82, 2.24) is 9.62 Å². The Labute approximate surface area is 206 Å². The van der Waals surface area contributed by atoms with Crippen molar-refractivity contribution in [2.24, 2.45) is 5.92 Å². The number of nitrogens with zero attached hydrogens (tertiary/aromatic N) is 1. The van der Waals surface area contributed by atoms with E-state index >= 15 is 0 Å². The summed E-state index contributed by atoms with van der Waals surface area (Å²) in [4.78, 5) is 13.3. The van der Waals surface area contributed by atoms with Gasteiger partial charge in [0, 0.05) is 24.0 Å². The molecule has 0 spiro atoms. The van der Waals surface area contributed by atoms with Gasteiger partial charge in [0.1, 0.15) is 0 Å². The SMILES string of the molecule is Cc1ccccc1C(NC(=O)C1CCN(S(=O)(=O)Cc2ccc(Cl)cc2)CC1)c1ccccc1. The van der Waals surface area contributed by atoms with Crippen LogP contribution in [0.3, 0.4) is 0 Å². The van der Waals surface area contributed by atoms with Crippen LogP contribution in [-0.2, 0) is 20.6 Å². The van der Waals surface area contributed by atoms with Crippen molar-refractivity contribution in [3.05, 3.63) is 106 Å². The minimum absolute atomic E-state index is 0.0353. The number of carbonyl (C=O) groups excluding carboxylic acids is 1. The van der Waals surface area contributed by atoms with Gasteiger partial charge >= 0.3 is 0 Å². The van der Waals surface area contributed by atoms with Gasteiger partial charge in [0.2, 0.25) is 15.9 Å². The predicted molar refractivity (Wildman–Crippen MR) is 136 cm³/mol. The zero-order valence-electron chi connectivity index (χ0n) is 19.2. The van der Waals surface area contributed by atoms with Gasteiger partial charge in [-0.1, -0.05) is 78.3 Å². The molecule has 1 fully saturated rings. The van der Waals surface area contributed by atoms with E-state index in [1.165, 1.54) is 4.31 Å². The second-order valence-corrected chi connectivity index (χ2v) is 11.2. The van der Waals surface area contributed by atoms with E-state index in [-0.39, 0.29) is 23.6 Å². The number of hydrogen-bond acceptors (Lipinski definition) is 3. The fourth-order valence-electron chi connectivity index (χ4n) is 4.44. The number of nitrogens with one attached hydrogen (secondary N) is 1. The van der Waals surface area contributed by atoms with Crippen LogP contribution in [0.2, 0.25) is 5.02 Å². The molecule has 0 aromatic heterocycles. The van der Waals surface area contributed by atoms with E-state index in [0.29, 0.717) is 36.5 Å². The van der Waals surface area contributed by atoms with Crippen LogP contribution >= 0.6 is 11.6 Å². The maximum Gasteiger partial charge on any atom is 0.223 e. The van der Waals surface area contributed by atoms with Crippen LogP contribution in [0.5, 0.6) is 0 Å². The van der Waals surface area contributed by atoms with E-state index in [9.17, 15) is 13.2 Å². The van der Waals surface area contributed by atoms with Gasteiger partial charge in [-0.2, -0.15) is 0 Å². The lowest BCUT2D eigenvalue weighted by molar-refractivity contribution is -0.126. The van der Waals surface area contributed by atoms with Gasteiger partial charge in [-0.15, -0.1) is 0 Å². The first-order chi connectivity index (χ1) is 16.3. The molecule has 34 heavy (non-hydrogen) atoms. The molecule has 0 bridgehead atoms. The van der Waals surface area contributed by atoms with Crippen LogP contribution < -0.4 is 5.32 Å². The van der Waals surface area contributed by atoms with Crippen LogP contribution in [0.4, 0.5) is 0 Å². The molecule has 1 aliphatic heterocycles. The molecule has 3 aromatic rings. The molecule has 7 heteroatoms. The molecule has 0 saturated carbocycles. The number of benzene rings is 3. The Kier molecular flexibility index (Phi) is 7.71. The van der Waals surface area contributed by atoms with E-state index in [1.54, 1.807) is 24.3 Å². The second kappa shape index (κ2) is 10.7. The molecular formula is C27H29ClN2O3S. The van der Waals surface area contributed by atoms with Crippen molar-refractivity contribution in [3.8, 4) is 0 Å². The van der Waals surface area contributed by atoms with E-state index in [1.807, 2.05) is 61.5 Å². The Hall–Kier alpha value is -2.67. The standard InChI is InChI=1S/C27H29ClN2O3S/c1-20-7-5-6-10-25(20)26(22-8-3-2-4-9-22)29-27(31)23-15-17-30(18-16-23)34(32,33)19-21-11-13-24(28)14-12-21/h2-14,23,26H,15-19H2,1H3,(H,29,31). The molecule has 1 atom stereocenters. The summed E-state index contributed by atoms with van der Waals surface area (Å²) in [6.45, 7) is 2.73. The number of piperidine rings is 1. The predicted octanol–water partition coefficient (Wildman–Crippen LogP) is 5.10. The highest BCUT2D eigenvalue weighted by Gasteiger charge is 2.32. The summed E-state index contributed by atoms with van der Waals surface area (Å²) in [5, 5.41) is 3.82. The molecule has 1 heterocycles. The molecule has 4 rings (SSSR count). The van der Waals surface area contributed by atoms with Gasteiger partial charge in [-0.05, 0) is 54.2 Å². The molecule has 1 aliphatic rings. The first-order valence-electron chi connectivity index (χ1n) is 11.5. The first-order valence-corrected chi connectivity index (χ1v) is 13.5. The molecule has 0 aliphatic carbocycles. The summed E-state index contributed by atoms with van der Waals surface area (Å²) < 4.78 is 27.3. The minimum atomic E-state index is -3.45. The number of rotatable bonds is 7. The third-order valence-corrected chi connectivity index (χ3v) is 8.50. The summed E-state index contributed by atoms with van der Waals surface area (Å²) in [6.07, 6.45) is 1.00. The third-order valence-electron chi connectivity index (χ3n) is 6.40. The number of halogens is 1. The second-order valence-electron chi connectivity index (χ2n) is 8.76. The van der Waals surface area contributed by atoms with Crippen LogP contribution in [0, 0.1) is 12.8 Å². The molecule has 3 aromatic carbocycles. The van der Waals surface area contributed by atoms with Crippen molar-refractivity contribution < 1.29 is 13.2 Å². The van der Waals surface area contributed by atoms with Crippen LogP contribution in [0.15, 0.2) is 78.9 Å². The Morgan fingerprint density at radius 1 is 0.971 bits per heavy atom. The summed E-state index contributed by atoms with van der Waals surface area (Å²) in [7, 11) is -3.45. The highest BCUT2D eigenvalue weighted by molar-refractivity contribution is 7.88. The Balaban J connectivity index is 1.42. The quantitative estimate of drug-likeness (QED) is 0.495. The molecule has 0 radical (unpaired) electrons. The molecule has 1 amide bonds. The number of amides is 1. The van der Waals surface area contributed by atoms with Crippen molar-refractivity contribution >= 4 is 27.5 Å². The maximum atomic E-state index is 13.3. The number of carbonyl (C=O) groups is 1. The van der Waals surface area contributed by atoms with Gasteiger partial charge in [-0.25, -0.2) is 12.7 Å². The average molecular weight is 497 g/mol. The zero-order valence-corrected chi connectivity index (χ0v) is 20.7. The van der Waals surface area contributed by atoms with E-state index in [4.69, 9.17) is 11.6 Å². The van der Waals surface area contributed by atoms with Crippen molar-refractivity contribution in [2.45, 2.75) is 31.6 Å². The van der Waals surface area contributed by atoms with Gasteiger partial charge in [-0.3, -0.25) is 4.79 Å². The normalized spacial score (nSPS) is 16.2. The number of aryl methyl sites for hydroxylation is 1. The summed E-state index contributed by atoms with van der Waals surface area (Å²) >= 11 is 5.90. The smallest absolute Gasteiger partial charge is 0.223 e. The fourth-order valence-corrected chi connectivity index (χ4v) is 6.13. The number of hydrogen-bond donors (Lipinski definition) is 1. The number of sulfonamides is 1.